The Morgan fingerprint density at radius 3 is 3.00 bits per heavy atom. The van der Waals surface area contributed by atoms with Gasteiger partial charge < -0.3 is 15.2 Å². The summed E-state index contributed by atoms with van der Waals surface area (Å²) in [6.45, 7) is 2.66. The van der Waals surface area contributed by atoms with Gasteiger partial charge in [-0.25, -0.2) is 4.68 Å². The van der Waals surface area contributed by atoms with E-state index in [2.05, 4.69) is 15.3 Å². The van der Waals surface area contributed by atoms with E-state index in [4.69, 9.17) is 15.2 Å². The number of primary amides is 1. The van der Waals surface area contributed by atoms with Crippen LogP contribution in [0.4, 0.5) is 5.82 Å². The van der Waals surface area contributed by atoms with Gasteiger partial charge >= 0.3 is 0 Å². The average molecular weight is 303 g/mol. The van der Waals surface area contributed by atoms with E-state index in [-0.39, 0.29) is 11.5 Å². The number of benzene rings is 1. The summed E-state index contributed by atoms with van der Waals surface area (Å²) in [4.78, 5) is 15.5. The second-order valence-electron chi connectivity index (χ2n) is 4.32. The first-order valence-corrected chi connectivity index (χ1v) is 6.66. The highest BCUT2D eigenvalue weighted by atomic mass is 16.5. The molecule has 0 aliphatic heterocycles. The zero-order chi connectivity index (χ0) is 15.9. The van der Waals surface area contributed by atoms with Crippen molar-refractivity contribution in [3.63, 3.8) is 0 Å². The van der Waals surface area contributed by atoms with Crippen LogP contribution in [0, 0.1) is 0 Å². The molecule has 0 saturated carbocycles. The molecule has 0 atom stereocenters. The monoisotopic (exact) mass is 303 g/mol. The summed E-state index contributed by atoms with van der Waals surface area (Å²) < 4.78 is 11.7. The molecule has 0 unspecified atom stereocenters. The van der Waals surface area contributed by atoms with E-state index in [0.717, 1.165) is 11.3 Å². The molecule has 0 saturated heterocycles. The number of ether oxygens (including phenoxy) is 2. The Balaban J connectivity index is 2.31. The lowest BCUT2D eigenvalue weighted by atomic mass is 10.2. The van der Waals surface area contributed by atoms with Crippen molar-refractivity contribution in [1.29, 1.82) is 0 Å². The summed E-state index contributed by atoms with van der Waals surface area (Å²) >= 11 is 0. The van der Waals surface area contributed by atoms with Gasteiger partial charge in [-0.3, -0.25) is 4.79 Å². The van der Waals surface area contributed by atoms with Crippen molar-refractivity contribution in [3.05, 3.63) is 35.5 Å². The lowest BCUT2D eigenvalue weighted by molar-refractivity contribution is 0.0996. The number of carbonyl (C=O) groups excluding carboxylic acids is 1. The van der Waals surface area contributed by atoms with Crippen LogP contribution < -0.4 is 10.5 Å². The fraction of sp³-hybridized carbons (Fsp3) is 0.286. The topological polar surface area (TPSA) is 105 Å². The lowest BCUT2D eigenvalue weighted by Gasteiger charge is -2.06. The standard InChI is InChI=1S/C14H17N5O3/c1-3-22-9-16-14-12(13(15)20)17-18-19(14)8-10-5-4-6-11(7-10)21-2/h4-7,9H,3,8H2,1-2H3,(H2,15,20). The van der Waals surface area contributed by atoms with Gasteiger partial charge in [0, 0.05) is 0 Å². The number of rotatable bonds is 7. The Morgan fingerprint density at radius 2 is 2.32 bits per heavy atom. The van der Waals surface area contributed by atoms with Gasteiger partial charge in [-0.2, -0.15) is 4.99 Å². The maximum atomic E-state index is 11.4. The van der Waals surface area contributed by atoms with Crippen molar-refractivity contribution in [1.82, 2.24) is 15.0 Å². The second-order valence-corrected chi connectivity index (χ2v) is 4.32. The highest BCUT2D eigenvalue weighted by Gasteiger charge is 2.17. The van der Waals surface area contributed by atoms with Crippen molar-refractivity contribution in [2.75, 3.05) is 13.7 Å². The van der Waals surface area contributed by atoms with Crippen molar-refractivity contribution < 1.29 is 14.3 Å². The fourth-order valence-electron chi connectivity index (χ4n) is 1.81. The quantitative estimate of drug-likeness (QED) is 0.610. The van der Waals surface area contributed by atoms with Crippen LogP contribution in [0.2, 0.25) is 0 Å². The molecular formula is C14H17N5O3. The Morgan fingerprint density at radius 1 is 1.50 bits per heavy atom. The van der Waals surface area contributed by atoms with Crippen LogP contribution in [0.1, 0.15) is 23.0 Å². The summed E-state index contributed by atoms with van der Waals surface area (Å²) in [5, 5.41) is 7.69. The second kappa shape index (κ2) is 7.21. The Hall–Kier alpha value is -2.90. The van der Waals surface area contributed by atoms with Crippen LogP contribution in [-0.2, 0) is 11.3 Å². The van der Waals surface area contributed by atoms with Gasteiger partial charge in [0.2, 0.25) is 0 Å². The third-order valence-corrected chi connectivity index (χ3v) is 2.83. The molecule has 0 spiro atoms. The van der Waals surface area contributed by atoms with Gasteiger partial charge in [0.1, 0.15) is 5.75 Å². The van der Waals surface area contributed by atoms with E-state index in [9.17, 15) is 4.79 Å². The number of carbonyl (C=O) groups is 1. The smallest absolute Gasteiger partial charge is 0.273 e. The summed E-state index contributed by atoms with van der Waals surface area (Å²) in [5.74, 6) is 0.288. The minimum atomic E-state index is -0.694. The van der Waals surface area contributed by atoms with Gasteiger partial charge in [-0.1, -0.05) is 17.3 Å². The van der Waals surface area contributed by atoms with Gasteiger partial charge in [0.15, 0.2) is 17.9 Å². The van der Waals surface area contributed by atoms with E-state index >= 15 is 0 Å². The minimum absolute atomic E-state index is 0.00107. The molecule has 2 N–H and O–H groups in total. The maximum Gasteiger partial charge on any atom is 0.273 e. The van der Waals surface area contributed by atoms with E-state index in [0.29, 0.717) is 13.2 Å². The number of aromatic nitrogens is 3. The molecule has 2 aromatic rings. The number of aliphatic imine (C=N–C) groups is 1. The number of nitrogens with zero attached hydrogens (tertiary/aromatic N) is 4. The third-order valence-electron chi connectivity index (χ3n) is 2.83. The molecule has 1 heterocycles. The third kappa shape index (κ3) is 3.60. The lowest BCUT2D eigenvalue weighted by Crippen LogP contribution is -2.12. The first-order chi connectivity index (χ1) is 10.7. The molecule has 22 heavy (non-hydrogen) atoms. The average Bonchev–Trinajstić information content (AvgIpc) is 2.91. The summed E-state index contributed by atoms with van der Waals surface area (Å²) in [5.41, 5.74) is 6.20. The van der Waals surface area contributed by atoms with E-state index in [1.54, 1.807) is 7.11 Å². The molecule has 2 rings (SSSR count). The van der Waals surface area contributed by atoms with Crippen LogP contribution in [0.15, 0.2) is 29.3 Å². The zero-order valence-corrected chi connectivity index (χ0v) is 12.4. The van der Waals surface area contributed by atoms with Crippen molar-refractivity contribution in [2.45, 2.75) is 13.5 Å². The molecule has 8 heteroatoms. The number of hydrogen-bond donors (Lipinski definition) is 1. The maximum absolute atomic E-state index is 11.4. The molecule has 0 radical (unpaired) electrons. The SMILES string of the molecule is CCOC=Nc1c(C(N)=O)nnn1Cc1cccc(OC)c1. The first kappa shape index (κ1) is 15.5. The van der Waals surface area contributed by atoms with Crippen LogP contribution in [0.5, 0.6) is 5.75 Å². The highest BCUT2D eigenvalue weighted by Crippen LogP contribution is 2.19. The summed E-state index contributed by atoms with van der Waals surface area (Å²) in [6, 6.07) is 7.48. The van der Waals surface area contributed by atoms with Gasteiger partial charge in [-0.05, 0) is 24.6 Å². The van der Waals surface area contributed by atoms with Gasteiger partial charge in [-0.15, -0.1) is 5.10 Å². The molecule has 0 bridgehead atoms. The molecule has 1 amide bonds. The van der Waals surface area contributed by atoms with Crippen molar-refractivity contribution >= 4 is 18.1 Å². The van der Waals surface area contributed by atoms with Crippen LogP contribution in [-0.4, -0.2) is 41.0 Å². The predicted molar refractivity (Wildman–Crippen MR) is 80.4 cm³/mol. The Bertz CT molecular complexity index is 681. The van der Waals surface area contributed by atoms with Crippen LogP contribution in [0.3, 0.4) is 0 Å². The van der Waals surface area contributed by atoms with E-state index < -0.39 is 5.91 Å². The molecule has 0 fully saturated rings. The van der Waals surface area contributed by atoms with E-state index in [1.807, 2.05) is 31.2 Å². The molecule has 1 aromatic carbocycles. The number of hydrogen-bond acceptors (Lipinski definition) is 6. The minimum Gasteiger partial charge on any atom is -0.497 e. The first-order valence-electron chi connectivity index (χ1n) is 6.66. The molecule has 0 aliphatic carbocycles. The number of methoxy groups -OCH3 is 1. The molecule has 8 nitrogen and oxygen atoms in total. The van der Waals surface area contributed by atoms with Gasteiger partial charge in [0.05, 0.1) is 20.3 Å². The molecule has 116 valence electrons. The fourth-order valence-corrected chi connectivity index (χ4v) is 1.81. The van der Waals surface area contributed by atoms with E-state index in [1.165, 1.54) is 11.1 Å². The van der Waals surface area contributed by atoms with Crippen LogP contribution in [0.25, 0.3) is 0 Å². The van der Waals surface area contributed by atoms with Crippen molar-refractivity contribution in [3.8, 4) is 5.75 Å². The highest BCUT2D eigenvalue weighted by molar-refractivity contribution is 5.95. The molecule has 0 aliphatic rings. The summed E-state index contributed by atoms with van der Waals surface area (Å²) in [6.07, 6.45) is 1.24. The molecular weight excluding hydrogens is 286 g/mol. The number of nitrogens with two attached hydrogens (primary N) is 1. The normalized spacial score (nSPS) is 10.8. The predicted octanol–water partition coefficient (Wildman–Crippen LogP) is 1.13. The largest absolute Gasteiger partial charge is 0.497 e. The van der Waals surface area contributed by atoms with Crippen LogP contribution >= 0.6 is 0 Å². The number of amides is 1. The van der Waals surface area contributed by atoms with Gasteiger partial charge in [0.25, 0.3) is 5.91 Å². The van der Waals surface area contributed by atoms with Crippen molar-refractivity contribution in [2.24, 2.45) is 10.7 Å². The Labute approximate surface area is 127 Å². The molecule has 1 aromatic heterocycles. The summed E-state index contributed by atoms with van der Waals surface area (Å²) in [7, 11) is 1.59. The Kier molecular flexibility index (Phi) is 5.07. The zero-order valence-electron chi connectivity index (χ0n) is 12.4.